The van der Waals surface area contributed by atoms with Gasteiger partial charge in [0.1, 0.15) is 0 Å². The van der Waals surface area contributed by atoms with E-state index in [1.54, 1.807) is 36.4 Å². The molecule has 2 aromatic rings. The third-order valence-electron chi connectivity index (χ3n) is 3.16. The molecule has 0 atom stereocenters. The molecule has 2 aromatic carbocycles. The zero-order valence-corrected chi connectivity index (χ0v) is 13.5. The molecule has 0 bridgehead atoms. The van der Waals surface area contributed by atoms with Crippen LogP contribution in [0.15, 0.2) is 85.2 Å². The first-order valence-electron chi connectivity index (χ1n) is 7.66. The SMILES string of the molecule is CCOC(=O)/C=C/N(/C=C/C(=O)c1ccccc1)c1ccccc1. The summed E-state index contributed by atoms with van der Waals surface area (Å²) in [6, 6.07) is 18.4. The minimum Gasteiger partial charge on any atom is -0.463 e. The molecule has 0 aliphatic carbocycles. The number of rotatable bonds is 7. The first kappa shape index (κ1) is 17.2. The Kier molecular flexibility index (Phi) is 6.53. The van der Waals surface area contributed by atoms with Gasteiger partial charge in [0.2, 0.25) is 0 Å². The van der Waals surface area contributed by atoms with Gasteiger partial charge in [-0.25, -0.2) is 4.79 Å². The van der Waals surface area contributed by atoms with Crippen LogP contribution in [0.1, 0.15) is 17.3 Å². The lowest BCUT2D eigenvalue weighted by Crippen LogP contribution is -2.10. The largest absolute Gasteiger partial charge is 0.463 e. The Hall–Kier alpha value is -3.14. The second kappa shape index (κ2) is 9.10. The molecule has 0 aliphatic heterocycles. The van der Waals surface area contributed by atoms with E-state index in [9.17, 15) is 9.59 Å². The van der Waals surface area contributed by atoms with Crippen LogP contribution < -0.4 is 4.90 Å². The molecule has 4 heteroatoms. The van der Waals surface area contributed by atoms with Gasteiger partial charge in [-0.15, -0.1) is 0 Å². The molecule has 0 radical (unpaired) electrons. The van der Waals surface area contributed by atoms with Gasteiger partial charge in [0.05, 0.1) is 6.61 Å². The Morgan fingerprint density at radius 2 is 1.50 bits per heavy atom. The van der Waals surface area contributed by atoms with E-state index in [-0.39, 0.29) is 5.78 Å². The van der Waals surface area contributed by atoms with Crippen LogP contribution in [0.4, 0.5) is 5.69 Å². The van der Waals surface area contributed by atoms with E-state index in [4.69, 9.17) is 4.74 Å². The summed E-state index contributed by atoms with van der Waals surface area (Å²) in [5, 5.41) is 0. The molecule has 0 heterocycles. The summed E-state index contributed by atoms with van der Waals surface area (Å²) in [5.41, 5.74) is 1.44. The molecule has 24 heavy (non-hydrogen) atoms. The molecular weight excluding hydrogens is 302 g/mol. The molecule has 0 amide bonds. The Morgan fingerprint density at radius 1 is 0.917 bits per heavy atom. The number of carbonyl (C=O) groups is 2. The molecule has 0 spiro atoms. The third-order valence-corrected chi connectivity index (χ3v) is 3.16. The number of nitrogens with zero attached hydrogens (tertiary/aromatic N) is 1. The standard InChI is InChI=1S/C20H19NO3/c1-2-24-20(23)14-16-21(18-11-7-4-8-12-18)15-13-19(22)17-9-5-3-6-10-17/h3-16H,2H2,1H3/b15-13+,16-14+. The van der Waals surface area contributed by atoms with E-state index >= 15 is 0 Å². The molecule has 0 saturated heterocycles. The first-order chi connectivity index (χ1) is 11.7. The second-order valence-electron chi connectivity index (χ2n) is 4.86. The lowest BCUT2D eigenvalue weighted by atomic mass is 10.1. The van der Waals surface area contributed by atoms with E-state index in [0.717, 1.165) is 5.69 Å². The van der Waals surface area contributed by atoms with Crippen molar-refractivity contribution in [2.45, 2.75) is 6.92 Å². The number of allylic oxidation sites excluding steroid dienone is 1. The van der Waals surface area contributed by atoms with Crippen molar-refractivity contribution < 1.29 is 14.3 Å². The quantitative estimate of drug-likeness (QED) is 0.440. The summed E-state index contributed by atoms with van der Waals surface area (Å²) in [5.74, 6) is -0.540. The van der Waals surface area contributed by atoms with E-state index in [0.29, 0.717) is 12.2 Å². The van der Waals surface area contributed by atoms with Gasteiger partial charge in [-0.1, -0.05) is 48.5 Å². The van der Waals surface area contributed by atoms with Crippen molar-refractivity contribution in [3.8, 4) is 0 Å². The van der Waals surface area contributed by atoms with E-state index in [2.05, 4.69) is 0 Å². The Morgan fingerprint density at radius 3 is 2.12 bits per heavy atom. The summed E-state index contributed by atoms with van der Waals surface area (Å²) in [7, 11) is 0. The van der Waals surface area contributed by atoms with Crippen LogP contribution >= 0.6 is 0 Å². The fraction of sp³-hybridized carbons (Fsp3) is 0.100. The number of para-hydroxylation sites is 1. The van der Waals surface area contributed by atoms with Gasteiger partial charge in [0, 0.05) is 35.8 Å². The number of benzene rings is 2. The predicted octanol–water partition coefficient (Wildman–Crippen LogP) is 3.97. The maximum Gasteiger partial charge on any atom is 0.332 e. The fourth-order valence-electron chi connectivity index (χ4n) is 2.00. The van der Waals surface area contributed by atoms with Gasteiger partial charge in [-0.3, -0.25) is 4.79 Å². The lowest BCUT2D eigenvalue weighted by molar-refractivity contribution is -0.137. The van der Waals surface area contributed by atoms with Crippen LogP contribution in [0.2, 0.25) is 0 Å². The lowest BCUT2D eigenvalue weighted by Gasteiger charge is -2.15. The monoisotopic (exact) mass is 321 g/mol. The third kappa shape index (κ3) is 5.25. The maximum atomic E-state index is 12.2. The normalized spacial score (nSPS) is 10.9. The number of hydrogen-bond acceptors (Lipinski definition) is 4. The van der Waals surface area contributed by atoms with Gasteiger partial charge in [0.15, 0.2) is 5.78 Å². The maximum absolute atomic E-state index is 12.2. The highest BCUT2D eigenvalue weighted by Gasteiger charge is 2.04. The van der Waals surface area contributed by atoms with Gasteiger partial charge in [-0.2, -0.15) is 0 Å². The van der Waals surface area contributed by atoms with E-state index in [1.165, 1.54) is 12.2 Å². The van der Waals surface area contributed by atoms with Crippen LogP contribution in [-0.2, 0) is 9.53 Å². The molecule has 0 aromatic heterocycles. The number of ketones is 1. The van der Waals surface area contributed by atoms with Gasteiger partial charge in [-0.05, 0) is 19.1 Å². The van der Waals surface area contributed by atoms with Crippen molar-refractivity contribution in [1.82, 2.24) is 0 Å². The molecule has 0 unspecified atom stereocenters. The molecule has 0 fully saturated rings. The molecule has 122 valence electrons. The summed E-state index contributed by atoms with van der Waals surface area (Å²) >= 11 is 0. The zero-order chi connectivity index (χ0) is 17.2. The highest BCUT2D eigenvalue weighted by atomic mass is 16.5. The van der Waals surface area contributed by atoms with E-state index in [1.807, 2.05) is 48.5 Å². The van der Waals surface area contributed by atoms with Crippen LogP contribution in [0, 0.1) is 0 Å². The Balaban J connectivity index is 2.18. The van der Waals surface area contributed by atoms with Gasteiger partial charge in [0.25, 0.3) is 0 Å². The first-order valence-corrected chi connectivity index (χ1v) is 7.66. The molecule has 0 N–H and O–H groups in total. The summed E-state index contributed by atoms with van der Waals surface area (Å²) in [6.07, 6.45) is 5.99. The molecule has 2 rings (SSSR count). The van der Waals surface area contributed by atoms with Crippen LogP contribution in [-0.4, -0.2) is 18.4 Å². The van der Waals surface area contributed by atoms with Crippen LogP contribution in [0.25, 0.3) is 0 Å². The highest BCUT2D eigenvalue weighted by molar-refractivity contribution is 6.04. The Labute approximate surface area is 141 Å². The van der Waals surface area contributed by atoms with Crippen LogP contribution in [0.5, 0.6) is 0 Å². The van der Waals surface area contributed by atoms with Crippen molar-refractivity contribution in [1.29, 1.82) is 0 Å². The van der Waals surface area contributed by atoms with Crippen molar-refractivity contribution >= 4 is 17.4 Å². The van der Waals surface area contributed by atoms with Crippen molar-refractivity contribution in [2.75, 3.05) is 11.5 Å². The highest BCUT2D eigenvalue weighted by Crippen LogP contribution is 2.14. The number of carbonyl (C=O) groups excluding carboxylic acids is 2. The molecular formula is C20H19NO3. The smallest absolute Gasteiger partial charge is 0.332 e. The summed E-state index contributed by atoms with van der Waals surface area (Å²) in [4.78, 5) is 25.4. The number of ether oxygens (including phenoxy) is 1. The Bertz CT molecular complexity index is 721. The molecule has 0 aliphatic rings. The fourth-order valence-corrected chi connectivity index (χ4v) is 2.00. The summed E-state index contributed by atoms with van der Waals surface area (Å²) < 4.78 is 4.88. The minimum atomic E-state index is -0.429. The zero-order valence-electron chi connectivity index (χ0n) is 13.5. The predicted molar refractivity (Wildman–Crippen MR) is 94.6 cm³/mol. The van der Waals surface area contributed by atoms with E-state index < -0.39 is 5.97 Å². The topological polar surface area (TPSA) is 46.6 Å². The summed E-state index contributed by atoms with van der Waals surface area (Å²) in [6.45, 7) is 2.07. The average Bonchev–Trinajstić information content (AvgIpc) is 2.63. The number of esters is 1. The van der Waals surface area contributed by atoms with Crippen molar-refractivity contribution in [3.05, 3.63) is 90.8 Å². The molecule has 0 saturated carbocycles. The van der Waals surface area contributed by atoms with Gasteiger partial charge < -0.3 is 9.64 Å². The number of anilines is 1. The van der Waals surface area contributed by atoms with Crippen molar-refractivity contribution in [3.63, 3.8) is 0 Å². The molecule has 4 nitrogen and oxygen atoms in total. The number of hydrogen-bond donors (Lipinski definition) is 0. The van der Waals surface area contributed by atoms with Crippen molar-refractivity contribution in [2.24, 2.45) is 0 Å². The average molecular weight is 321 g/mol. The van der Waals surface area contributed by atoms with Crippen LogP contribution in [0.3, 0.4) is 0 Å². The second-order valence-corrected chi connectivity index (χ2v) is 4.86. The van der Waals surface area contributed by atoms with Gasteiger partial charge >= 0.3 is 5.97 Å². The minimum absolute atomic E-state index is 0.110.